The Morgan fingerprint density at radius 1 is 1.15 bits per heavy atom. The molecule has 0 aliphatic heterocycles. The van der Waals surface area contributed by atoms with Crippen molar-refractivity contribution in [3.05, 3.63) is 11.6 Å². The van der Waals surface area contributed by atoms with Gasteiger partial charge in [-0.1, -0.05) is 6.92 Å². The topological polar surface area (TPSA) is 67.6 Å². The lowest BCUT2D eigenvalue weighted by Gasteiger charge is -2.56. The molecule has 1 heterocycles. The monoisotopic (exact) mass is 274 g/mol. The summed E-state index contributed by atoms with van der Waals surface area (Å²) in [5, 5.41) is 7.30. The van der Waals surface area contributed by atoms with Crippen LogP contribution in [0.5, 0.6) is 0 Å². The summed E-state index contributed by atoms with van der Waals surface area (Å²) in [6.45, 7) is 2.09. The minimum absolute atomic E-state index is 0.266. The minimum atomic E-state index is 0.266. The summed E-state index contributed by atoms with van der Waals surface area (Å²) in [4.78, 5) is 4.53. The number of aromatic nitrogens is 3. The molecule has 4 fully saturated rings. The van der Waals surface area contributed by atoms with Crippen molar-refractivity contribution in [2.45, 2.75) is 57.9 Å². The van der Waals surface area contributed by atoms with Gasteiger partial charge in [0.1, 0.15) is 11.6 Å². The minimum Gasteiger partial charge on any atom is -0.327 e. The molecule has 0 spiro atoms. The quantitative estimate of drug-likeness (QED) is 0.885. The first kappa shape index (κ1) is 12.8. The summed E-state index contributed by atoms with van der Waals surface area (Å²) in [5.41, 5.74) is 6.59. The normalized spacial score (nSPS) is 40.2. The van der Waals surface area contributed by atoms with Crippen LogP contribution < -0.4 is 5.73 Å². The van der Waals surface area contributed by atoms with Gasteiger partial charge in [-0.15, -0.1) is 0 Å². The van der Waals surface area contributed by atoms with Gasteiger partial charge in [-0.3, -0.25) is 5.10 Å². The average molecular weight is 274 g/mol. The Morgan fingerprint density at radius 2 is 1.80 bits per heavy atom. The van der Waals surface area contributed by atoms with E-state index in [1.807, 2.05) is 0 Å². The Balaban J connectivity index is 1.47. The summed E-state index contributed by atoms with van der Waals surface area (Å²) in [6.07, 6.45) is 9.06. The van der Waals surface area contributed by atoms with Crippen LogP contribution in [0.2, 0.25) is 0 Å². The van der Waals surface area contributed by atoms with Gasteiger partial charge >= 0.3 is 0 Å². The van der Waals surface area contributed by atoms with Crippen LogP contribution >= 0.6 is 0 Å². The van der Waals surface area contributed by atoms with Crippen molar-refractivity contribution in [2.24, 2.45) is 35.3 Å². The van der Waals surface area contributed by atoms with E-state index in [1.165, 1.54) is 32.1 Å². The van der Waals surface area contributed by atoms with Crippen LogP contribution in [0.3, 0.4) is 0 Å². The number of hydrogen-bond donors (Lipinski definition) is 2. The Hall–Kier alpha value is -0.900. The molecule has 4 heteroatoms. The zero-order chi connectivity index (χ0) is 13.7. The number of hydrogen-bond acceptors (Lipinski definition) is 3. The molecule has 0 saturated heterocycles. The highest BCUT2D eigenvalue weighted by Crippen LogP contribution is 2.57. The highest BCUT2D eigenvalue weighted by molar-refractivity contribution is 5.03. The Labute approximate surface area is 120 Å². The van der Waals surface area contributed by atoms with Crippen molar-refractivity contribution in [2.75, 3.05) is 0 Å². The second kappa shape index (κ2) is 4.83. The molecule has 4 bridgehead atoms. The Kier molecular flexibility index (Phi) is 3.09. The molecular formula is C16H26N4. The molecule has 4 aliphatic rings. The van der Waals surface area contributed by atoms with Gasteiger partial charge in [0.05, 0.1) is 0 Å². The third-order valence-electron chi connectivity index (χ3n) is 6.12. The van der Waals surface area contributed by atoms with E-state index >= 15 is 0 Å². The molecule has 20 heavy (non-hydrogen) atoms. The van der Waals surface area contributed by atoms with E-state index in [4.69, 9.17) is 5.73 Å². The van der Waals surface area contributed by atoms with Crippen molar-refractivity contribution in [3.8, 4) is 0 Å². The third kappa shape index (κ3) is 2.09. The predicted octanol–water partition coefficient (Wildman–Crippen LogP) is 2.31. The van der Waals surface area contributed by atoms with Crippen LogP contribution in [-0.4, -0.2) is 21.2 Å². The predicted molar refractivity (Wildman–Crippen MR) is 78.0 cm³/mol. The maximum absolute atomic E-state index is 6.59. The van der Waals surface area contributed by atoms with Gasteiger partial charge in [0, 0.05) is 18.9 Å². The maximum atomic E-state index is 6.59. The number of nitrogens with one attached hydrogen (secondary N) is 1. The van der Waals surface area contributed by atoms with Crippen molar-refractivity contribution in [3.63, 3.8) is 0 Å². The molecule has 1 atom stereocenters. The molecule has 4 saturated carbocycles. The lowest BCUT2D eigenvalue weighted by atomic mass is 9.50. The summed E-state index contributed by atoms with van der Waals surface area (Å²) in [7, 11) is 0. The molecule has 1 aromatic rings. The van der Waals surface area contributed by atoms with Crippen LogP contribution in [0.4, 0.5) is 0 Å². The molecule has 0 aromatic carbocycles. The summed E-state index contributed by atoms with van der Waals surface area (Å²) >= 11 is 0. The number of aromatic amines is 1. The van der Waals surface area contributed by atoms with Crippen molar-refractivity contribution in [1.82, 2.24) is 15.2 Å². The lowest BCUT2D eigenvalue weighted by Crippen LogP contribution is -2.52. The maximum Gasteiger partial charge on any atom is 0.150 e. The fraction of sp³-hybridized carbons (Fsp3) is 0.875. The van der Waals surface area contributed by atoms with Gasteiger partial charge in [0.25, 0.3) is 0 Å². The number of nitrogens with zero attached hydrogens (tertiary/aromatic N) is 2. The second-order valence-electron chi connectivity index (χ2n) is 7.43. The average Bonchev–Trinajstić information content (AvgIpc) is 2.85. The number of rotatable bonds is 4. The number of aryl methyl sites for hydroxylation is 1. The van der Waals surface area contributed by atoms with Crippen molar-refractivity contribution >= 4 is 0 Å². The fourth-order valence-electron chi connectivity index (χ4n) is 5.61. The first-order valence-corrected chi connectivity index (χ1v) is 8.38. The highest BCUT2D eigenvalue weighted by atomic mass is 15.2. The molecule has 110 valence electrons. The van der Waals surface area contributed by atoms with E-state index in [9.17, 15) is 0 Å². The third-order valence-corrected chi connectivity index (χ3v) is 6.12. The van der Waals surface area contributed by atoms with Gasteiger partial charge < -0.3 is 5.73 Å². The number of nitrogens with two attached hydrogens (primary N) is 1. The second-order valence-corrected chi connectivity index (χ2v) is 7.43. The Bertz CT molecular complexity index is 453. The van der Waals surface area contributed by atoms with Gasteiger partial charge in [-0.05, 0) is 61.7 Å². The molecular weight excluding hydrogens is 248 g/mol. The smallest absolute Gasteiger partial charge is 0.150 e. The van der Waals surface area contributed by atoms with E-state index in [1.54, 1.807) is 0 Å². The first-order valence-electron chi connectivity index (χ1n) is 8.38. The van der Waals surface area contributed by atoms with E-state index in [-0.39, 0.29) is 6.04 Å². The van der Waals surface area contributed by atoms with Crippen LogP contribution in [0.15, 0.2) is 0 Å². The van der Waals surface area contributed by atoms with E-state index in [0.717, 1.165) is 54.1 Å². The van der Waals surface area contributed by atoms with Gasteiger partial charge in [0.2, 0.25) is 0 Å². The van der Waals surface area contributed by atoms with Gasteiger partial charge in [-0.2, -0.15) is 5.10 Å². The Morgan fingerprint density at radius 3 is 2.35 bits per heavy atom. The SMILES string of the molecule is CCc1n[nH]c(CC(N)C2C3CC4CC(C3)CC2C4)n1. The van der Waals surface area contributed by atoms with Crippen molar-refractivity contribution < 1.29 is 0 Å². The zero-order valence-electron chi connectivity index (χ0n) is 12.4. The molecule has 4 nitrogen and oxygen atoms in total. The first-order chi connectivity index (χ1) is 9.72. The summed E-state index contributed by atoms with van der Waals surface area (Å²) in [6, 6.07) is 0.266. The van der Waals surface area contributed by atoms with Crippen LogP contribution in [0, 0.1) is 29.6 Å². The number of H-pyrrole nitrogens is 1. The molecule has 4 aliphatic carbocycles. The van der Waals surface area contributed by atoms with E-state index in [2.05, 4.69) is 22.1 Å². The van der Waals surface area contributed by atoms with Crippen molar-refractivity contribution in [1.29, 1.82) is 0 Å². The van der Waals surface area contributed by atoms with Gasteiger partial charge in [-0.25, -0.2) is 4.98 Å². The zero-order valence-corrected chi connectivity index (χ0v) is 12.4. The van der Waals surface area contributed by atoms with Crippen LogP contribution in [0.1, 0.15) is 50.7 Å². The largest absolute Gasteiger partial charge is 0.327 e. The molecule has 1 aromatic heterocycles. The summed E-state index contributed by atoms with van der Waals surface area (Å²) in [5.74, 6) is 6.49. The van der Waals surface area contributed by atoms with Crippen LogP contribution in [0.25, 0.3) is 0 Å². The molecule has 0 radical (unpaired) electrons. The standard InChI is InChI=1S/C16H26N4/c1-2-14-18-15(20-19-14)8-13(17)16-11-4-9-3-10(6-11)7-12(16)5-9/h9-13,16H,2-8,17H2,1H3,(H,18,19,20). The van der Waals surface area contributed by atoms with E-state index in [0.29, 0.717) is 0 Å². The fourth-order valence-corrected chi connectivity index (χ4v) is 5.61. The van der Waals surface area contributed by atoms with Crippen LogP contribution in [-0.2, 0) is 12.8 Å². The molecule has 1 unspecified atom stereocenters. The highest BCUT2D eigenvalue weighted by Gasteiger charge is 2.49. The molecule has 0 amide bonds. The van der Waals surface area contributed by atoms with E-state index < -0.39 is 0 Å². The van der Waals surface area contributed by atoms with Gasteiger partial charge in [0.15, 0.2) is 0 Å². The lowest BCUT2D eigenvalue weighted by molar-refractivity contribution is -0.0466. The molecule has 3 N–H and O–H groups in total. The summed E-state index contributed by atoms with van der Waals surface area (Å²) < 4.78 is 0. The molecule has 5 rings (SSSR count).